The van der Waals surface area contributed by atoms with E-state index in [1.165, 1.54) is 18.0 Å². The van der Waals surface area contributed by atoms with Crippen LogP contribution in [0.1, 0.15) is 0 Å². The van der Waals surface area contributed by atoms with E-state index in [2.05, 4.69) is 15.0 Å². The number of benzene rings is 2. The highest BCUT2D eigenvalue weighted by Crippen LogP contribution is 2.40. The maximum atomic E-state index is 10.8. The second-order valence-electron chi connectivity index (χ2n) is 7.45. The summed E-state index contributed by atoms with van der Waals surface area (Å²) in [5.41, 5.74) is 1.69. The molecule has 0 amide bonds. The van der Waals surface area contributed by atoms with Crippen molar-refractivity contribution < 1.29 is 23.9 Å². The van der Waals surface area contributed by atoms with Crippen LogP contribution in [0.4, 0.5) is 5.00 Å². The molecular weight excluding hydrogens is 548 g/mol. The SMILES string of the molecule is COc1cc2[nH]ccc(=S)c2cc1OC.COc1cc2nccc(Sc3ncc([N+](=O)[O-])s3)c2cc1OC. The number of aromatic amines is 1. The third-order valence-corrected chi connectivity index (χ3v) is 7.77. The first-order valence-electron chi connectivity index (χ1n) is 10.9. The van der Waals surface area contributed by atoms with Crippen LogP contribution in [-0.4, -0.2) is 48.3 Å². The number of thiazole rings is 1. The van der Waals surface area contributed by atoms with E-state index >= 15 is 0 Å². The molecule has 0 bridgehead atoms. The van der Waals surface area contributed by atoms with Crippen LogP contribution >= 0.6 is 35.3 Å². The molecule has 3 heterocycles. The van der Waals surface area contributed by atoms with Crippen molar-refractivity contribution in [1.29, 1.82) is 0 Å². The van der Waals surface area contributed by atoms with Crippen molar-refractivity contribution in [2.24, 2.45) is 0 Å². The van der Waals surface area contributed by atoms with E-state index in [9.17, 15) is 10.1 Å². The zero-order valence-corrected chi connectivity index (χ0v) is 23.2. The molecule has 0 unspecified atom stereocenters. The van der Waals surface area contributed by atoms with E-state index in [-0.39, 0.29) is 5.00 Å². The van der Waals surface area contributed by atoms with Gasteiger partial charge in [0, 0.05) is 44.7 Å². The lowest BCUT2D eigenvalue weighted by Gasteiger charge is -2.10. The van der Waals surface area contributed by atoms with Crippen molar-refractivity contribution >= 4 is 62.1 Å². The fourth-order valence-electron chi connectivity index (χ4n) is 3.51. The van der Waals surface area contributed by atoms with Gasteiger partial charge in [0.2, 0.25) is 0 Å². The minimum Gasteiger partial charge on any atom is -0.493 e. The molecule has 0 spiro atoms. The number of rotatable bonds is 7. The number of H-pyrrole nitrogens is 1. The summed E-state index contributed by atoms with van der Waals surface area (Å²) in [6.45, 7) is 0. The number of methoxy groups -OCH3 is 4. The quantitative estimate of drug-likeness (QED) is 0.129. The molecule has 5 rings (SSSR count). The Labute approximate surface area is 230 Å². The zero-order chi connectivity index (χ0) is 27.2. The summed E-state index contributed by atoms with van der Waals surface area (Å²) in [5.74, 6) is 2.58. The number of fused-ring (bicyclic) bond motifs is 2. The van der Waals surface area contributed by atoms with E-state index in [0.717, 1.165) is 42.5 Å². The summed E-state index contributed by atoms with van der Waals surface area (Å²) in [4.78, 5) is 22.7. The number of hydrogen-bond acceptors (Lipinski definition) is 11. The minimum atomic E-state index is -0.444. The average Bonchev–Trinajstić information content (AvgIpc) is 3.41. The Hall–Kier alpha value is -3.94. The van der Waals surface area contributed by atoms with Crippen molar-refractivity contribution in [3.63, 3.8) is 0 Å². The molecule has 0 aliphatic carbocycles. The Kier molecular flexibility index (Phi) is 8.61. The summed E-state index contributed by atoms with van der Waals surface area (Å²) >= 11 is 7.62. The van der Waals surface area contributed by atoms with E-state index in [1.807, 2.05) is 36.5 Å². The Bertz CT molecular complexity index is 1670. The number of hydrogen-bond donors (Lipinski definition) is 1. The van der Waals surface area contributed by atoms with Crippen LogP contribution in [0.5, 0.6) is 23.0 Å². The van der Waals surface area contributed by atoms with Crippen LogP contribution in [0.15, 0.2) is 64.2 Å². The molecule has 38 heavy (non-hydrogen) atoms. The monoisotopic (exact) mass is 570 g/mol. The van der Waals surface area contributed by atoms with Gasteiger partial charge in [-0.25, -0.2) is 4.98 Å². The molecule has 3 aromatic heterocycles. The molecule has 0 saturated carbocycles. The Morgan fingerprint density at radius 1 is 0.921 bits per heavy atom. The normalized spacial score (nSPS) is 10.5. The molecule has 0 saturated heterocycles. The summed E-state index contributed by atoms with van der Waals surface area (Å²) in [6, 6.07) is 11.1. The van der Waals surface area contributed by atoms with Crippen LogP contribution in [0.25, 0.3) is 21.8 Å². The van der Waals surface area contributed by atoms with Gasteiger partial charge in [0.1, 0.15) is 6.20 Å². The molecule has 0 atom stereocenters. The standard InChI is InChI=1S/C14H11N3O4S2.C11H11NO2S/c1-20-10-5-8-9(6-11(10)21-2)15-4-3-12(8)22-14-16-7-13(23-14)17(18)19;1-13-9-5-7-8(6-10(9)14-2)12-4-3-11(7)15/h3-7H,1-2H3;3-6H,1-2H3,(H,12,15). The van der Waals surface area contributed by atoms with Crippen molar-refractivity contribution in [2.75, 3.05) is 28.4 Å². The Morgan fingerprint density at radius 2 is 1.55 bits per heavy atom. The van der Waals surface area contributed by atoms with Crippen LogP contribution in [-0.2, 0) is 0 Å². The van der Waals surface area contributed by atoms with E-state index in [4.69, 9.17) is 31.2 Å². The van der Waals surface area contributed by atoms with E-state index in [0.29, 0.717) is 27.3 Å². The second kappa shape index (κ2) is 12.1. The van der Waals surface area contributed by atoms with Crippen LogP contribution in [0, 0.1) is 14.6 Å². The van der Waals surface area contributed by atoms with Gasteiger partial charge in [-0.1, -0.05) is 24.0 Å². The average molecular weight is 571 g/mol. The molecule has 0 fully saturated rings. The van der Waals surface area contributed by atoms with Gasteiger partial charge in [-0.15, -0.1) is 0 Å². The highest BCUT2D eigenvalue weighted by molar-refractivity contribution is 8.01. The Balaban J connectivity index is 0.000000194. The topological polar surface area (TPSA) is 122 Å². The highest BCUT2D eigenvalue weighted by Gasteiger charge is 2.15. The number of nitro groups is 1. The van der Waals surface area contributed by atoms with Gasteiger partial charge in [0.05, 0.1) is 44.4 Å². The van der Waals surface area contributed by atoms with Gasteiger partial charge in [0.25, 0.3) is 0 Å². The molecular formula is C25H22N4O6S3. The molecule has 0 radical (unpaired) electrons. The van der Waals surface area contributed by atoms with Gasteiger partial charge >= 0.3 is 5.00 Å². The third-order valence-electron chi connectivity index (χ3n) is 5.32. The summed E-state index contributed by atoms with van der Waals surface area (Å²) < 4.78 is 22.4. The van der Waals surface area contributed by atoms with Gasteiger partial charge in [-0.2, -0.15) is 0 Å². The summed E-state index contributed by atoms with van der Waals surface area (Å²) in [6.07, 6.45) is 4.76. The molecule has 0 aliphatic heterocycles. The molecule has 196 valence electrons. The first kappa shape index (κ1) is 27.1. The van der Waals surface area contributed by atoms with E-state index in [1.54, 1.807) is 40.7 Å². The maximum Gasteiger partial charge on any atom is 0.344 e. The first-order chi connectivity index (χ1) is 18.4. The van der Waals surface area contributed by atoms with Crippen molar-refractivity contribution in [3.8, 4) is 23.0 Å². The van der Waals surface area contributed by atoms with Crippen molar-refractivity contribution in [3.05, 3.63) is 69.6 Å². The molecule has 1 N–H and O–H groups in total. The number of pyridine rings is 2. The maximum absolute atomic E-state index is 10.8. The van der Waals surface area contributed by atoms with E-state index < -0.39 is 4.92 Å². The predicted molar refractivity (Wildman–Crippen MR) is 150 cm³/mol. The first-order valence-corrected chi connectivity index (χ1v) is 12.9. The molecule has 0 aliphatic rings. The van der Waals surface area contributed by atoms with Gasteiger partial charge < -0.3 is 23.9 Å². The fourth-order valence-corrected chi connectivity index (χ4v) is 5.60. The third kappa shape index (κ3) is 5.79. The lowest BCUT2D eigenvalue weighted by atomic mass is 10.2. The molecule has 10 nitrogen and oxygen atoms in total. The van der Waals surface area contributed by atoms with Crippen LogP contribution in [0.3, 0.4) is 0 Å². The van der Waals surface area contributed by atoms with Crippen molar-refractivity contribution in [1.82, 2.24) is 15.0 Å². The second-order valence-corrected chi connectivity index (χ2v) is 10.2. The predicted octanol–water partition coefficient (Wildman–Crippen LogP) is 6.68. The number of aromatic nitrogens is 3. The highest BCUT2D eigenvalue weighted by atomic mass is 32.2. The number of nitrogens with one attached hydrogen (secondary N) is 1. The lowest BCUT2D eigenvalue weighted by Crippen LogP contribution is -1.92. The summed E-state index contributed by atoms with van der Waals surface area (Å²) in [7, 11) is 6.36. The van der Waals surface area contributed by atoms with Crippen LogP contribution < -0.4 is 18.9 Å². The molecule has 2 aromatic carbocycles. The minimum absolute atomic E-state index is 0.0186. The molecule has 13 heteroatoms. The zero-order valence-electron chi connectivity index (χ0n) is 20.7. The van der Waals surface area contributed by atoms with Crippen molar-refractivity contribution in [2.45, 2.75) is 9.24 Å². The fraction of sp³-hybridized carbons (Fsp3) is 0.160. The number of nitrogens with zero attached hydrogens (tertiary/aromatic N) is 3. The lowest BCUT2D eigenvalue weighted by molar-refractivity contribution is -0.380. The largest absolute Gasteiger partial charge is 0.493 e. The Morgan fingerprint density at radius 3 is 2.18 bits per heavy atom. The van der Waals surface area contributed by atoms with Gasteiger partial charge in [-0.3, -0.25) is 15.1 Å². The molecule has 5 aromatic rings. The van der Waals surface area contributed by atoms with Gasteiger partial charge in [0.15, 0.2) is 27.3 Å². The number of ether oxygens (including phenoxy) is 4. The summed E-state index contributed by atoms with van der Waals surface area (Å²) in [5, 5.41) is 12.6. The van der Waals surface area contributed by atoms with Crippen LogP contribution in [0.2, 0.25) is 0 Å². The van der Waals surface area contributed by atoms with Gasteiger partial charge in [-0.05, 0) is 35.6 Å². The smallest absolute Gasteiger partial charge is 0.344 e.